The summed E-state index contributed by atoms with van der Waals surface area (Å²) in [4.78, 5) is 2.64. The molecule has 1 fully saturated rings. The Kier molecular flexibility index (Phi) is 7.82. The van der Waals surface area contributed by atoms with Crippen molar-refractivity contribution in [1.82, 2.24) is 10.2 Å². The predicted molar refractivity (Wildman–Crippen MR) is 73.5 cm³/mol. The highest BCUT2D eigenvalue weighted by molar-refractivity contribution is 4.80. The Morgan fingerprint density at radius 1 is 1.47 bits per heavy atom. The maximum Gasteiger partial charge on any atom is 0.0477 e. The van der Waals surface area contributed by atoms with Gasteiger partial charge in [-0.2, -0.15) is 0 Å². The average Bonchev–Trinajstić information content (AvgIpc) is 2.84. The van der Waals surface area contributed by atoms with Gasteiger partial charge in [0.05, 0.1) is 0 Å². The lowest BCUT2D eigenvalue weighted by molar-refractivity contribution is 0.130. The van der Waals surface area contributed by atoms with E-state index in [1.165, 1.54) is 45.3 Å². The number of hydrogen-bond acceptors (Lipinski definition) is 3. The van der Waals surface area contributed by atoms with Crippen LogP contribution in [0.5, 0.6) is 0 Å². The third-order valence-corrected chi connectivity index (χ3v) is 3.78. The molecule has 0 aromatic carbocycles. The van der Waals surface area contributed by atoms with Crippen LogP contribution < -0.4 is 5.32 Å². The molecule has 0 bridgehead atoms. The molecule has 3 heteroatoms. The third-order valence-electron chi connectivity index (χ3n) is 3.78. The van der Waals surface area contributed by atoms with Crippen LogP contribution in [0.4, 0.5) is 0 Å². The number of rotatable bonds is 9. The number of hydrogen-bond donors (Lipinski definition) is 1. The molecule has 0 spiro atoms. The molecule has 3 nitrogen and oxygen atoms in total. The summed E-state index contributed by atoms with van der Waals surface area (Å²) in [6.45, 7) is 9.14. The summed E-state index contributed by atoms with van der Waals surface area (Å²) in [5.74, 6) is 0. The van der Waals surface area contributed by atoms with Gasteiger partial charge in [0.1, 0.15) is 0 Å². The van der Waals surface area contributed by atoms with Gasteiger partial charge in [-0.3, -0.25) is 4.90 Å². The van der Waals surface area contributed by atoms with Crippen molar-refractivity contribution in [3.05, 3.63) is 0 Å². The Hall–Kier alpha value is -0.120. The van der Waals surface area contributed by atoms with Crippen molar-refractivity contribution >= 4 is 0 Å². The van der Waals surface area contributed by atoms with E-state index in [9.17, 15) is 0 Å². The maximum absolute atomic E-state index is 5.19. The van der Waals surface area contributed by atoms with Crippen molar-refractivity contribution in [3.8, 4) is 0 Å². The highest BCUT2D eigenvalue weighted by Crippen LogP contribution is 2.12. The van der Waals surface area contributed by atoms with Crippen molar-refractivity contribution < 1.29 is 4.74 Å². The monoisotopic (exact) mass is 242 g/mol. The minimum atomic E-state index is 0.642. The summed E-state index contributed by atoms with van der Waals surface area (Å²) in [6.07, 6.45) is 6.43. The Bertz CT molecular complexity index is 181. The van der Waals surface area contributed by atoms with Crippen LogP contribution in [0, 0.1) is 0 Å². The molecule has 0 radical (unpaired) electrons. The van der Waals surface area contributed by atoms with Crippen molar-refractivity contribution in [2.24, 2.45) is 0 Å². The van der Waals surface area contributed by atoms with E-state index in [-0.39, 0.29) is 0 Å². The number of nitrogens with one attached hydrogen (secondary N) is 1. The first-order valence-electron chi connectivity index (χ1n) is 7.24. The summed E-state index contributed by atoms with van der Waals surface area (Å²) in [5.41, 5.74) is 0. The van der Waals surface area contributed by atoms with Gasteiger partial charge in [0, 0.05) is 32.3 Å². The summed E-state index contributed by atoms with van der Waals surface area (Å²) < 4.78 is 5.19. The summed E-state index contributed by atoms with van der Waals surface area (Å²) in [6, 6.07) is 1.36. The van der Waals surface area contributed by atoms with Crippen LogP contribution in [0.1, 0.15) is 46.0 Å². The first-order chi connectivity index (χ1) is 8.27. The molecule has 1 saturated heterocycles. The molecular formula is C14H30N2O. The molecule has 2 atom stereocenters. The Labute approximate surface area is 107 Å². The Morgan fingerprint density at radius 3 is 2.88 bits per heavy atom. The van der Waals surface area contributed by atoms with Gasteiger partial charge in [-0.05, 0) is 45.7 Å². The second-order valence-corrected chi connectivity index (χ2v) is 5.27. The fourth-order valence-electron chi connectivity index (χ4n) is 2.52. The zero-order chi connectivity index (χ0) is 12.5. The van der Waals surface area contributed by atoms with E-state index < -0.39 is 0 Å². The minimum Gasteiger partial charge on any atom is -0.385 e. The highest BCUT2D eigenvalue weighted by atomic mass is 16.5. The standard InChI is InChI=1S/C14H30N2O/c1-4-5-10-16(13(2)8-11-17-3)12-14-7-6-9-15-14/h13-15H,4-12H2,1-3H3. The molecule has 1 aliphatic heterocycles. The first-order valence-corrected chi connectivity index (χ1v) is 7.24. The summed E-state index contributed by atoms with van der Waals surface area (Å²) in [5, 5.41) is 3.60. The second kappa shape index (κ2) is 8.90. The largest absolute Gasteiger partial charge is 0.385 e. The molecule has 1 heterocycles. The average molecular weight is 242 g/mol. The molecule has 0 aromatic heterocycles. The van der Waals surface area contributed by atoms with E-state index in [4.69, 9.17) is 4.74 Å². The maximum atomic E-state index is 5.19. The van der Waals surface area contributed by atoms with Crippen molar-refractivity contribution in [2.45, 2.75) is 58.0 Å². The molecule has 0 amide bonds. The third kappa shape index (κ3) is 5.84. The van der Waals surface area contributed by atoms with Gasteiger partial charge in [0.2, 0.25) is 0 Å². The van der Waals surface area contributed by atoms with Crippen molar-refractivity contribution in [3.63, 3.8) is 0 Å². The van der Waals surface area contributed by atoms with E-state index in [2.05, 4.69) is 24.1 Å². The zero-order valence-electron chi connectivity index (χ0n) is 11.9. The quantitative estimate of drug-likeness (QED) is 0.671. The van der Waals surface area contributed by atoms with Gasteiger partial charge in [-0.1, -0.05) is 13.3 Å². The predicted octanol–water partition coefficient (Wildman–Crippen LogP) is 2.27. The van der Waals surface area contributed by atoms with Crippen molar-refractivity contribution in [1.29, 1.82) is 0 Å². The lowest BCUT2D eigenvalue weighted by atomic mass is 10.1. The van der Waals surface area contributed by atoms with Crippen LogP contribution >= 0.6 is 0 Å². The SMILES string of the molecule is CCCCN(CC1CCCN1)C(C)CCOC. The molecule has 0 aliphatic carbocycles. The van der Waals surface area contributed by atoms with Gasteiger partial charge < -0.3 is 10.1 Å². The van der Waals surface area contributed by atoms with Gasteiger partial charge >= 0.3 is 0 Å². The van der Waals surface area contributed by atoms with Crippen LogP contribution in [-0.2, 0) is 4.74 Å². The van der Waals surface area contributed by atoms with Crippen LogP contribution in [0.2, 0.25) is 0 Å². The van der Waals surface area contributed by atoms with Crippen LogP contribution in [0.15, 0.2) is 0 Å². The van der Waals surface area contributed by atoms with Crippen LogP contribution in [0.3, 0.4) is 0 Å². The first kappa shape index (κ1) is 14.9. The lowest BCUT2D eigenvalue weighted by Crippen LogP contribution is -2.43. The molecule has 17 heavy (non-hydrogen) atoms. The molecule has 102 valence electrons. The zero-order valence-corrected chi connectivity index (χ0v) is 11.9. The molecule has 1 rings (SSSR count). The highest BCUT2D eigenvalue weighted by Gasteiger charge is 2.20. The number of nitrogens with zero attached hydrogens (tertiary/aromatic N) is 1. The van der Waals surface area contributed by atoms with E-state index in [1.54, 1.807) is 7.11 Å². The molecule has 0 aromatic rings. The fourth-order valence-corrected chi connectivity index (χ4v) is 2.52. The van der Waals surface area contributed by atoms with Gasteiger partial charge in [0.15, 0.2) is 0 Å². The molecule has 2 unspecified atom stereocenters. The summed E-state index contributed by atoms with van der Waals surface area (Å²) in [7, 11) is 1.79. The lowest BCUT2D eigenvalue weighted by Gasteiger charge is -2.31. The molecule has 1 N–H and O–H groups in total. The number of unbranched alkanes of at least 4 members (excludes halogenated alkanes) is 1. The van der Waals surface area contributed by atoms with E-state index in [0.29, 0.717) is 6.04 Å². The van der Waals surface area contributed by atoms with Gasteiger partial charge in [-0.15, -0.1) is 0 Å². The molecule has 1 aliphatic rings. The Morgan fingerprint density at radius 2 is 2.29 bits per heavy atom. The van der Waals surface area contributed by atoms with Crippen molar-refractivity contribution in [2.75, 3.05) is 33.4 Å². The second-order valence-electron chi connectivity index (χ2n) is 5.27. The van der Waals surface area contributed by atoms with Gasteiger partial charge in [0.25, 0.3) is 0 Å². The molecular weight excluding hydrogens is 212 g/mol. The van der Waals surface area contributed by atoms with Crippen LogP contribution in [0.25, 0.3) is 0 Å². The summed E-state index contributed by atoms with van der Waals surface area (Å²) >= 11 is 0. The van der Waals surface area contributed by atoms with Gasteiger partial charge in [-0.25, -0.2) is 0 Å². The van der Waals surface area contributed by atoms with E-state index in [0.717, 1.165) is 19.1 Å². The fraction of sp³-hybridized carbons (Fsp3) is 1.00. The minimum absolute atomic E-state index is 0.642. The van der Waals surface area contributed by atoms with Crippen LogP contribution in [-0.4, -0.2) is 50.3 Å². The van der Waals surface area contributed by atoms with E-state index in [1.807, 2.05) is 0 Å². The number of methoxy groups -OCH3 is 1. The normalized spacial score (nSPS) is 22.2. The molecule has 0 saturated carbocycles. The smallest absolute Gasteiger partial charge is 0.0477 e. The number of ether oxygens (including phenoxy) is 1. The topological polar surface area (TPSA) is 24.5 Å². The Balaban J connectivity index is 2.34. The van der Waals surface area contributed by atoms with E-state index >= 15 is 0 Å².